The van der Waals surface area contributed by atoms with E-state index < -0.39 is 20.5 Å². The summed E-state index contributed by atoms with van der Waals surface area (Å²) < 4.78 is 27.2. The van der Waals surface area contributed by atoms with Crippen molar-refractivity contribution >= 4 is 37.4 Å². The van der Waals surface area contributed by atoms with Crippen LogP contribution >= 0.6 is 27.5 Å². The first-order valence-corrected chi connectivity index (χ1v) is 10.2. The summed E-state index contributed by atoms with van der Waals surface area (Å²) in [6.07, 6.45) is 0. The summed E-state index contributed by atoms with van der Waals surface area (Å²) in [6.45, 7) is 0.448. The molecule has 1 aliphatic carbocycles. The fourth-order valence-electron chi connectivity index (χ4n) is 3.46. The van der Waals surface area contributed by atoms with Gasteiger partial charge in [0.15, 0.2) is 9.84 Å². The van der Waals surface area contributed by atoms with E-state index in [1.807, 2.05) is 24.3 Å². The second-order valence-corrected chi connectivity index (χ2v) is 9.51. The van der Waals surface area contributed by atoms with Crippen LogP contribution in [0.15, 0.2) is 57.9 Å². The zero-order valence-electron chi connectivity index (χ0n) is 12.8. The molecule has 3 rings (SSSR count). The lowest BCUT2D eigenvalue weighted by Gasteiger charge is -2.13. The molecule has 1 saturated carbocycles. The van der Waals surface area contributed by atoms with Crippen molar-refractivity contribution in [2.45, 2.75) is 16.1 Å². The smallest absolute Gasteiger partial charge is 0.182 e. The van der Waals surface area contributed by atoms with Gasteiger partial charge in [-0.15, -0.1) is 0 Å². The second-order valence-electron chi connectivity index (χ2n) is 6.09. The molecule has 128 valence electrons. The quantitative estimate of drug-likeness (QED) is 0.765. The van der Waals surface area contributed by atoms with Crippen LogP contribution in [-0.4, -0.2) is 26.8 Å². The molecule has 0 heterocycles. The van der Waals surface area contributed by atoms with Gasteiger partial charge in [0, 0.05) is 33.9 Å². The lowest BCUT2D eigenvalue weighted by molar-refractivity contribution is 0.510. The Morgan fingerprint density at radius 3 is 2.04 bits per heavy atom. The summed E-state index contributed by atoms with van der Waals surface area (Å²) in [5.74, 6) is -0.207. The number of hydrogen-bond acceptors (Lipinski definition) is 4. The van der Waals surface area contributed by atoms with Gasteiger partial charge in [-0.05, 0) is 42.0 Å². The lowest BCUT2D eigenvalue weighted by Crippen LogP contribution is -2.31. The van der Waals surface area contributed by atoms with Crippen molar-refractivity contribution in [3.05, 3.63) is 63.6 Å². The largest absolute Gasteiger partial charge is 0.330 e. The van der Waals surface area contributed by atoms with Gasteiger partial charge in [0.2, 0.25) is 0 Å². The summed E-state index contributed by atoms with van der Waals surface area (Å²) in [5, 5.41) is -0.125. The topological polar surface area (TPSA) is 86.2 Å². The Morgan fingerprint density at radius 1 is 1.00 bits per heavy atom. The molecule has 24 heavy (non-hydrogen) atoms. The highest BCUT2D eigenvalue weighted by molar-refractivity contribution is 9.10. The maximum Gasteiger partial charge on any atom is 0.182 e. The summed E-state index contributed by atoms with van der Waals surface area (Å²) in [4.78, 5) is 0.253. The lowest BCUT2D eigenvalue weighted by atomic mass is 9.99. The molecule has 2 unspecified atom stereocenters. The maximum atomic E-state index is 13.1. The van der Waals surface area contributed by atoms with E-state index in [2.05, 4.69) is 15.9 Å². The Kier molecular flexibility index (Phi) is 4.79. The van der Waals surface area contributed by atoms with E-state index in [1.165, 1.54) is 12.1 Å². The normalized spacial score (nSPS) is 22.3. The molecule has 2 atom stereocenters. The summed E-state index contributed by atoms with van der Waals surface area (Å²) in [6, 6.07) is 13.9. The van der Waals surface area contributed by atoms with Crippen molar-refractivity contribution < 1.29 is 8.42 Å². The average Bonchev–Trinajstić information content (AvgIpc) is 3.26. The number of hydrogen-bond donors (Lipinski definition) is 2. The van der Waals surface area contributed by atoms with Crippen molar-refractivity contribution in [2.24, 2.45) is 16.9 Å². The van der Waals surface area contributed by atoms with E-state index >= 15 is 0 Å². The predicted octanol–water partition coefficient (Wildman–Crippen LogP) is 2.95. The molecule has 0 aliphatic heterocycles. The molecular weight excluding hydrogens is 412 g/mol. The van der Waals surface area contributed by atoms with Crippen LogP contribution < -0.4 is 11.5 Å². The van der Waals surface area contributed by atoms with Crippen LogP contribution in [-0.2, 0) is 9.84 Å². The number of benzene rings is 2. The van der Waals surface area contributed by atoms with Crippen molar-refractivity contribution in [1.29, 1.82) is 0 Å². The minimum Gasteiger partial charge on any atom is -0.330 e. The molecular formula is C17H18BrClN2O2S. The number of rotatable bonds is 5. The Bertz CT molecular complexity index is 834. The Labute approximate surface area is 155 Å². The standard InChI is InChI=1S/C17H18BrClN2O2S/c18-12-3-1-11(2-4-12)15-16(17(15,9-20)10-21)24(22,23)14-7-5-13(19)6-8-14/h1-8,15-16H,9-10,20-21H2. The number of halogens is 2. The highest BCUT2D eigenvalue weighted by Crippen LogP contribution is 2.63. The minimum atomic E-state index is -3.55. The molecule has 0 saturated heterocycles. The fourth-order valence-corrected chi connectivity index (χ4v) is 6.32. The second kappa shape index (κ2) is 6.42. The molecule has 2 aromatic carbocycles. The SMILES string of the molecule is NCC1(CN)C(c2ccc(Br)cc2)C1S(=O)(=O)c1ccc(Cl)cc1. The van der Waals surface area contributed by atoms with Crippen LogP contribution in [0.2, 0.25) is 5.02 Å². The third-order valence-corrected chi connectivity index (χ3v) is 7.97. The van der Waals surface area contributed by atoms with E-state index in [9.17, 15) is 8.42 Å². The highest BCUT2D eigenvalue weighted by Gasteiger charge is 2.69. The average molecular weight is 430 g/mol. The van der Waals surface area contributed by atoms with Crippen molar-refractivity contribution in [1.82, 2.24) is 0 Å². The first-order valence-electron chi connectivity index (χ1n) is 7.52. The summed E-state index contributed by atoms with van der Waals surface area (Å²) in [7, 11) is -3.55. The van der Waals surface area contributed by atoms with Crippen LogP contribution in [0, 0.1) is 5.41 Å². The first kappa shape index (κ1) is 17.9. The molecule has 1 fully saturated rings. The van der Waals surface area contributed by atoms with Gasteiger partial charge < -0.3 is 11.5 Å². The molecule has 4 nitrogen and oxygen atoms in total. The van der Waals surface area contributed by atoms with Gasteiger partial charge in [0.1, 0.15) is 0 Å². The maximum absolute atomic E-state index is 13.1. The molecule has 1 aliphatic rings. The summed E-state index contributed by atoms with van der Waals surface area (Å²) in [5.41, 5.74) is 12.2. The van der Waals surface area contributed by atoms with Gasteiger partial charge in [-0.1, -0.05) is 39.7 Å². The van der Waals surface area contributed by atoms with Gasteiger partial charge in [0.05, 0.1) is 10.1 Å². The van der Waals surface area contributed by atoms with Crippen LogP contribution in [0.1, 0.15) is 11.5 Å². The molecule has 0 spiro atoms. The highest BCUT2D eigenvalue weighted by atomic mass is 79.9. The molecule has 0 amide bonds. The third-order valence-electron chi connectivity index (χ3n) is 4.85. The summed E-state index contributed by atoms with van der Waals surface area (Å²) >= 11 is 9.26. The Balaban J connectivity index is 2.04. The van der Waals surface area contributed by atoms with Gasteiger partial charge in [-0.25, -0.2) is 8.42 Å². The van der Waals surface area contributed by atoms with Crippen LogP contribution in [0.25, 0.3) is 0 Å². The monoisotopic (exact) mass is 428 g/mol. The molecule has 0 bridgehead atoms. The Hall–Kier alpha value is -0.920. The van der Waals surface area contributed by atoms with Crippen LogP contribution in [0.5, 0.6) is 0 Å². The first-order chi connectivity index (χ1) is 11.4. The van der Waals surface area contributed by atoms with Gasteiger partial charge >= 0.3 is 0 Å². The van der Waals surface area contributed by atoms with Gasteiger partial charge in [0.25, 0.3) is 0 Å². The third kappa shape index (κ3) is 2.80. The van der Waals surface area contributed by atoms with Gasteiger partial charge in [-0.3, -0.25) is 0 Å². The fraction of sp³-hybridized carbons (Fsp3) is 0.294. The van der Waals surface area contributed by atoms with E-state index in [4.69, 9.17) is 23.1 Å². The molecule has 4 N–H and O–H groups in total. The van der Waals surface area contributed by atoms with E-state index in [0.29, 0.717) is 5.02 Å². The number of sulfone groups is 1. The Morgan fingerprint density at radius 2 is 1.54 bits per heavy atom. The van der Waals surface area contributed by atoms with E-state index in [-0.39, 0.29) is 23.9 Å². The van der Waals surface area contributed by atoms with Gasteiger partial charge in [-0.2, -0.15) is 0 Å². The zero-order valence-corrected chi connectivity index (χ0v) is 16.0. The van der Waals surface area contributed by atoms with E-state index in [0.717, 1.165) is 10.0 Å². The molecule has 0 radical (unpaired) electrons. The van der Waals surface area contributed by atoms with Crippen molar-refractivity contribution in [3.8, 4) is 0 Å². The molecule has 0 aromatic heterocycles. The minimum absolute atomic E-state index is 0.207. The molecule has 7 heteroatoms. The molecule has 2 aromatic rings. The van der Waals surface area contributed by atoms with Crippen molar-refractivity contribution in [3.63, 3.8) is 0 Å². The predicted molar refractivity (Wildman–Crippen MR) is 99.9 cm³/mol. The van der Waals surface area contributed by atoms with Crippen LogP contribution in [0.4, 0.5) is 0 Å². The van der Waals surface area contributed by atoms with Crippen LogP contribution in [0.3, 0.4) is 0 Å². The number of nitrogens with two attached hydrogens (primary N) is 2. The zero-order chi connectivity index (χ0) is 17.5. The van der Waals surface area contributed by atoms with Crippen molar-refractivity contribution in [2.75, 3.05) is 13.1 Å². The van der Waals surface area contributed by atoms with E-state index in [1.54, 1.807) is 12.1 Å².